The number of hydrogen-bond donors (Lipinski definition) is 4. The Balaban J connectivity index is 1.38. The van der Waals surface area contributed by atoms with Gasteiger partial charge >= 0.3 is 30.2 Å². The van der Waals surface area contributed by atoms with Gasteiger partial charge in [0.25, 0.3) is 0 Å². The molecule has 3 aliphatic heterocycles. The van der Waals surface area contributed by atoms with E-state index in [2.05, 4.69) is 0 Å². The number of halogens is 3. The lowest BCUT2D eigenvalue weighted by Gasteiger charge is -2.68. The van der Waals surface area contributed by atoms with Gasteiger partial charge in [-0.15, -0.1) is 0 Å². The number of carbonyl (C=O) groups excluding carboxylic acids is 4. The summed E-state index contributed by atoms with van der Waals surface area (Å²) in [6.07, 6.45) is -16.6. The second-order valence-electron chi connectivity index (χ2n) is 18.6. The Morgan fingerprint density at radius 1 is 1.05 bits per heavy atom. The first-order valence-corrected chi connectivity index (χ1v) is 21.1. The second kappa shape index (κ2) is 16.6. The number of benzene rings is 1. The molecule has 3 aliphatic carbocycles. The van der Waals surface area contributed by atoms with Crippen molar-refractivity contribution in [2.45, 2.75) is 153 Å². The van der Waals surface area contributed by atoms with Crippen molar-refractivity contribution < 1.29 is 80.8 Å². The number of fused-ring (bicyclic) bond motifs is 8. The van der Waals surface area contributed by atoms with Crippen molar-refractivity contribution in [3.8, 4) is 0 Å². The molecule has 4 N–H and O–H groups in total. The van der Waals surface area contributed by atoms with Gasteiger partial charge in [0.1, 0.15) is 30.0 Å². The summed E-state index contributed by atoms with van der Waals surface area (Å²) in [5.41, 5.74) is -5.62. The zero-order chi connectivity index (χ0) is 45.3. The number of aliphatic hydroxyl groups is 3. The molecule has 1 aromatic carbocycles. The van der Waals surface area contributed by atoms with Gasteiger partial charge in [-0.05, 0) is 63.3 Å². The van der Waals surface area contributed by atoms with E-state index in [4.69, 9.17) is 33.2 Å². The number of likely N-dealkylation sites (tertiary alicyclic amines) is 1. The van der Waals surface area contributed by atoms with E-state index in [1.165, 1.54) is 38.2 Å². The smallest absolute Gasteiger partial charge is 0.411 e. The molecule has 0 unspecified atom stereocenters. The van der Waals surface area contributed by atoms with Gasteiger partial charge in [0.15, 0.2) is 24.0 Å². The van der Waals surface area contributed by atoms with Crippen LogP contribution in [-0.2, 0) is 42.7 Å². The molecule has 5 fully saturated rings. The number of amides is 1. The fraction of sp³-hybridized carbons (Fsp3) is 0.721. The SMILES string of the molecule is CC(=O)O[C@@]12CO[C@@H]1CC[C@@]1(C)[C@@H]3O[C@H](CN4CC[C@H]4CO)O[C@@H]3C3=C(C)[C@@H](OC(=O)[C@H](O)[C@@H](NC(=O)OC(C)C)C(F)(F)F)C[C@@](O)([C@@H](OC(=O)c4ccccc4)[C@@H]12)C3(C)C. The van der Waals surface area contributed by atoms with Crippen molar-refractivity contribution >= 4 is 24.0 Å². The minimum absolute atomic E-state index is 0.0903. The van der Waals surface area contributed by atoms with E-state index in [9.17, 15) is 47.7 Å². The predicted octanol–water partition coefficient (Wildman–Crippen LogP) is 3.34. The molecule has 7 rings (SSSR count). The highest BCUT2D eigenvalue weighted by molar-refractivity contribution is 5.89. The molecule has 13 atom stereocenters. The van der Waals surface area contributed by atoms with Gasteiger partial charge in [-0.3, -0.25) is 9.69 Å². The molecule has 0 radical (unpaired) electrons. The van der Waals surface area contributed by atoms with E-state index in [-0.39, 0.29) is 36.9 Å². The van der Waals surface area contributed by atoms with Crippen LogP contribution in [0.15, 0.2) is 41.5 Å². The molecule has 0 aromatic heterocycles. The number of alkyl halides is 3. The predicted molar refractivity (Wildman–Crippen MR) is 208 cm³/mol. The Labute approximate surface area is 357 Å². The Morgan fingerprint density at radius 2 is 1.74 bits per heavy atom. The fourth-order valence-electron chi connectivity index (χ4n) is 11.0. The lowest BCUT2D eigenvalue weighted by Crippen LogP contribution is -2.79. The van der Waals surface area contributed by atoms with Crippen molar-refractivity contribution in [1.29, 1.82) is 0 Å². The highest BCUT2D eigenvalue weighted by atomic mass is 19.4. The van der Waals surface area contributed by atoms with E-state index in [1.54, 1.807) is 39.0 Å². The van der Waals surface area contributed by atoms with Gasteiger partial charge in [0.2, 0.25) is 0 Å². The number of nitrogens with one attached hydrogen (secondary N) is 1. The van der Waals surface area contributed by atoms with Crippen LogP contribution in [0.4, 0.5) is 18.0 Å². The van der Waals surface area contributed by atoms with Crippen molar-refractivity contribution in [2.24, 2.45) is 16.7 Å². The molecule has 1 aromatic rings. The molecule has 1 amide bonds. The van der Waals surface area contributed by atoms with Gasteiger partial charge in [-0.2, -0.15) is 13.2 Å². The van der Waals surface area contributed by atoms with Crippen LogP contribution in [0.5, 0.6) is 0 Å². The van der Waals surface area contributed by atoms with E-state index in [1.807, 2.05) is 11.8 Å². The molecule has 3 heterocycles. The first kappa shape index (κ1) is 46.2. The third kappa shape index (κ3) is 7.78. The minimum atomic E-state index is -5.35. The van der Waals surface area contributed by atoms with Crippen LogP contribution in [0, 0.1) is 16.7 Å². The molecule has 62 heavy (non-hydrogen) atoms. The first-order chi connectivity index (χ1) is 29.0. The maximum atomic E-state index is 14.4. The Bertz CT molecular complexity index is 1930. The van der Waals surface area contributed by atoms with Crippen LogP contribution >= 0.6 is 0 Å². The van der Waals surface area contributed by atoms with Crippen LogP contribution in [0.2, 0.25) is 0 Å². The molecular weight excluding hydrogens is 825 g/mol. The number of ether oxygens (including phenoxy) is 7. The molecule has 6 aliphatic rings. The van der Waals surface area contributed by atoms with Crippen LogP contribution in [0.1, 0.15) is 84.5 Å². The maximum absolute atomic E-state index is 14.4. The second-order valence-corrected chi connectivity index (χ2v) is 18.6. The van der Waals surface area contributed by atoms with Crippen LogP contribution in [0.3, 0.4) is 0 Å². The summed E-state index contributed by atoms with van der Waals surface area (Å²) < 4.78 is 86.2. The van der Waals surface area contributed by atoms with Crippen molar-refractivity contribution in [3.05, 3.63) is 47.0 Å². The van der Waals surface area contributed by atoms with E-state index in [0.717, 1.165) is 6.42 Å². The molecule has 2 bridgehead atoms. The standard InChI is InChI=1S/C43H57F3N2O14/c1-21(2)57-38(54)47-33(43(44,45)46)30(51)37(53)58-26-17-42(55)35(61-36(52)24-11-9-8-10-12-24)32-40(7,15-13-27-41(32,20-56-27)62-23(4)50)34-31(29(22(26)3)39(42,5)6)59-28(60-34)18-48-16-14-25(48)19-49/h8-12,21,25-28,30-35,49,51,55H,13-20H2,1-7H3,(H,47,54)/t25-,26-,27+,28+,30+,31+,32-,33+,34+,35-,40+,41-,42+/m0/s1. The molecule has 2 saturated carbocycles. The molecule has 3 saturated heterocycles. The quantitative estimate of drug-likeness (QED) is 0.143. The molecular formula is C43H57F3N2O14. The average Bonchev–Trinajstić information content (AvgIpc) is 3.59. The zero-order valence-corrected chi connectivity index (χ0v) is 35.8. The molecule has 19 heteroatoms. The number of nitrogens with zero attached hydrogens (tertiary/aromatic N) is 1. The summed E-state index contributed by atoms with van der Waals surface area (Å²) in [5.74, 6) is -4.39. The topological polar surface area (TPSA) is 209 Å². The maximum Gasteiger partial charge on any atom is 0.411 e. The van der Waals surface area contributed by atoms with Gasteiger partial charge in [-0.1, -0.05) is 39.0 Å². The fourth-order valence-corrected chi connectivity index (χ4v) is 11.0. The van der Waals surface area contributed by atoms with E-state index < -0.39 is 120 Å². The third-order valence-corrected chi connectivity index (χ3v) is 14.2. The monoisotopic (exact) mass is 882 g/mol. The van der Waals surface area contributed by atoms with Crippen LogP contribution < -0.4 is 5.32 Å². The first-order valence-electron chi connectivity index (χ1n) is 21.1. The zero-order valence-electron chi connectivity index (χ0n) is 35.8. The molecule has 344 valence electrons. The number of rotatable bonds is 11. The summed E-state index contributed by atoms with van der Waals surface area (Å²) in [4.78, 5) is 55.5. The normalized spacial score (nSPS) is 37.1. The van der Waals surface area contributed by atoms with Crippen molar-refractivity contribution in [2.75, 3.05) is 26.3 Å². The number of esters is 3. The Kier molecular flexibility index (Phi) is 12.4. The van der Waals surface area contributed by atoms with Crippen LogP contribution in [0.25, 0.3) is 0 Å². The summed E-state index contributed by atoms with van der Waals surface area (Å²) in [6, 6.07) is 4.71. The van der Waals surface area contributed by atoms with Gasteiger partial charge in [0.05, 0.1) is 36.9 Å². The number of hydrogen-bond acceptors (Lipinski definition) is 15. The summed E-state index contributed by atoms with van der Waals surface area (Å²) in [5, 5.41) is 36.2. The minimum Gasteiger partial charge on any atom is -0.456 e. The number of aliphatic hydroxyl groups excluding tert-OH is 2. The van der Waals surface area contributed by atoms with E-state index >= 15 is 0 Å². The van der Waals surface area contributed by atoms with Crippen molar-refractivity contribution in [1.82, 2.24) is 10.2 Å². The summed E-state index contributed by atoms with van der Waals surface area (Å²) >= 11 is 0. The summed E-state index contributed by atoms with van der Waals surface area (Å²) in [6.45, 7) is 11.6. The van der Waals surface area contributed by atoms with E-state index in [0.29, 0.717) is 25.0 Å². The molecule has 0 spiro atoms. The third-order valence-electron chi connectivity index (χ3n) is 14.2. The van der Waals surface area contributed by atoms with Gasteiger partial charge < -0.3 is 53.8 Å². The van der Waals surface area contributed by atoms with Crippen molar-refractivity contribution in [3.63, 3.8) is 0 Å². The van der Waals surface area contributed by atoms with Gasteiger partial charge in [-0.25, -0.2) is 14.4 Å². The van der Waals surface area contributed by atoms with Gasteiger partial charge in [0, 0.05) is 43.3 Å². The lowest BCUT2D eigenvalue weighted by molar-refractivity contribution is -0.345. The Hall–Kier alpha value is -3.85. The number of carbonyl (C=O) groups is 4. The average molecular weight is 883 g/mol. The highest BCUT2D eigenvalue weighted by Crippen LogP contribution is 2.66. The lowest BCUT2D eigenvalue weighted by atomic mass is 9.45. The number of alkyl carbamates (subject to hydrolysis) is 1. The Morgan fingerprint density at radius 3 is 2.31 bits per heavy atom. The summed E-state index contributed by atoms with van der Waals surface area (Å²) in [7, 11) is 0. The molecule has 16 nitrogen and oxygen atoms in total. The largest absolute Gasteiger partial charge is 0.456 e. The highest BCUT2D eigenvalue weighted by Gasteiger charge is 2.77. The van der Waals surface area contributed by atoms with Crippen LogP contribution in [-0.4, -0.2) is 149 Å².